The Bertz CT molecular complexity index is 233. The van der Waals surface area contributed by atoms with Gasteiger partial charge in [0.25, 0.3) is 0 Å². The Morgan fingerprint density at radius 3 is 2.91 bits per heavy atom. The standard InChI is InChI=1S/C6H8N4O/c7-10-6-2-1-5(3-8-6)4-9-11/h1-3H,4,7H2,(H,8,10). The van der Waals surface area contributed by atoms with Crippen molar-refractivity contribution in [1.82, 2.24) is 4.98 Å². The van der Waals surface area contributed by atoms with Crippen molar-refractivity contribution >= 4 is 5.82 Å². The molecule has 0 aliphatic carbocycles. The summed E-state index contributed by atoms with van der Waals surface area (Å²) in [5.74, 6) is 5.65. The minimum atomic E-state index is 0.151. The Hall–Kier alpha value is -1.49. The van der Waals surface area contributed by atoms with E-state index in [9.17, 15) is 4.91 Å². The minimum absolute atomic E-state index is 0.151. The number of hydrazine groups is 1. The second-order valence-electron chi connectivity index (χ2n) is 1.98. The molecule has 5 heteroatoms. The first kappa shape index (κ1) is 7.62. The van der Waals surface area contributed by atoms with E-state index in [4.69, 9.17) is 5.84 Å². The molecule has 1 rings (SSSR count). The number of nitrogens with one attached hydrogen (secondary N) is 1. The molecule has 5 nitrogen and oxygen atoms in total. The van der Waals surface area contributed by atoms with Gasteiger partial charge >= 0.3 is 0 Å². The van der Waals surface area contributed by atoms with E-state index in [1.165, 1.54) is 0 Å². The van der Waals surface area contributed by atoms with Gasteiger partial charge in [0, 0.05) is 6.20 Å². The van der Waals surface area contributed by atoms with Gasteiger partial charge < -0.3 is 5.43 Å². The lowest BCUT2D eigenvalue weighted by Gasteiger charge is -1.97. The molecule has 0 unspecified atom stereocenters. The normalized spacial score (nSPS) is 9.18. The summed E-state index contributed by atoms with van der Waals surface area (Å²) in [5.41, 5.74) is 3.15. The number of pyridine rings is 1. The molecule has 0 saturated carbocycles. The van der Waals surface area contributed by atoms with E-state index in [0.717, 1.165) is 5.56 Å². The van der Waals surface area contributed by atoms with E-state index in [2.05, 4.69) is 15.6 Å². The molecule has 0 bridgehead atoms. The van der Waals surface area contributed by atoms with Crippen LogP contribution in [0.1, 0.15) is 5.56 Å². The van der Waals surface area contributed by atoms with Crippen molar-refractivity contribution in [3.8, 4) is 0 Å². The number of rotatable bonds is 3. The van der Waals surface area contributed by atoms with Gasteiger partial charge in [-0.2, -0.15) is 4.91 Å². The van der Waals surface area contributed by atoms with E-state index < -0.39 is 0 Å². The van der Waals surface area contributed by atoms with Gasteiger partial charge in [-0.05, 0) is 11.6 Å². The molecule has 11 heavy (non-hydrogen) atoms. The first-order chi connectivity index (χ1) is 5.36. The maximum absolute atomic E-state index is 9.81. The lowest BCUT2D eigenvalue weighted by Crippen LogP contribution is -2.08. The molecule has 0 spiro atoms. The Balaban J connectivity index is 2.74. The lowest BCUT2D eigenvalue weighted by atomic mass is 10.3. The van der Waals surface area contributed by atoms with E-state index in [0.29, 0.717) is 5.82 Å². The third-order valence-electron chi connectivity index (χ3n) is 1.22. The summed E-state index contributed by atoms with van der Waals surface area (Å²) in [6.45, 7) is 0.151. The fourth-order valence-corrected chi connectivity index (χ4v) is 0.678. The molecule has 0 fully saturated rings. The van der Waals surface area contributed by atoms with Crippen LogP contribution in [-0.4, -0.2) is 4.98 Å². The zero-order chi connectivity index (χ0) is 8.10. The molecule has 0 radical (unpaired) electrons. The van der Waals surface area contributed by atoms with Gasteiger partial charge in [-0.1, -0.05) is 11.2 Å². The lowest BCUT2D eigenvalue weighted by molar-refractivity contribution is 1.03. The summed E-state index contributed by atoms with van der Waals surface area (Å²) in [6, 6.07) is 3.42. The molecule has 58 valence electrons. The van der Waals surface area contributed by atoms with E-state index in [1.54, 1.807) is 18.3 Å². The van der Waals surface area contributed by atoms with Crippen LogP contribution < -0.4 is 11.3 Å². The second-order valence-corrected chi connectivity index (χ2v) is 1.98. The zero-order valence-corrected chi connectivity index (χ0v) is 5.82. The van der Waals surface area contributed by atoms with Gasteiger partial charge in [0.1, 0.15) is 12.4 Å². The number of anilines is 1. The largest absolute Gasteiger partial charge is 0.308 e. The van der Waals surface area contributed by atoms with Crippen molar-refractivity contribution < 1.29 is 0 Å². The number of aromatic nitrogens is 1. The fraction of sp³-hybridized carbons (Fsp3) is 0.167. The van der Waals surface area contributed by atoms with Crippen LogP contribution in [0.3, 0.4) is 0 Å². The monoisotopic (exact) mass is 152 g/mol. The van der Waals surface area contributed by atoms with Crippen LogP contribution in [0.25, 0.3) is 0 Å². The quantitative estimate of drug-likeness (QED) is 0.378. The third kappa shape index (κ3) is 1.98. The third-order valence-corrected chi connectivity index (χ3v) is 1.22. The number of nitrogen functional groups attached to an aromatic ring is 1. The highest BCUT2D eigenvalue weighted by atomic mass is 16.3. The summed E-state index contributed by atoms with van der Waals surface area (Å²) < 4.78 is 0. The van der Waals surface area contributed by atoms with Gasteiger partial charge in [-0.3, -0.25) is 0 Å². The Morgan fingerprint density at radius 1 is 1.64 bits per heavy atom. The Morgan fingerprint density at radius 2 is 2.45 bits per heavy atom. The van der Waals surface area contributed by atoms with E-state index >= 15 is 0 Å². The summed E-state index contributed by atoms with van der Waals surface area (Å²) >= 11 is 0. The van der Waals surface area contributed by atoms with Crippen LogP contribution in [0.4, 0.5) is 5.82 Å². The maximum Gasteiger partial charge on any atom is 0.139 e. The highest BCUT2D eigenvalue weighted by molar-refractivity contribution is 5.33. The van der Waals surface area contributed by atoms with Gasteiger partial charge in [-0.15, -0.1) is 0 Å². The summed E-state index contributed by atoms with van der Waals surface area (Å²) in [5, 5.41) is 2.72. The predicted molar refractivity (Wildman–Crippen MR) is 41.5 cm³/mol. The topological polar surface area (TPSA) is 80.4 Å². The molecular formula is C6H8N4O. The predicted octanol–water partition coefficient (Wildman–Crippen LogP) is 0.634. The second kappa shape index (κ2) is 3.62. The van der Waals surface area contributed by atoms with Crippen molar-refractivity contribution in [2.75, 3.05) is 5.43 Å². The van der Waals surface area contributed by atoms with Crippen LogP contribution in [0, 0.1) is 4.91 Å². The van der Waals surface area contributed by atoms with Gasteiger partial charge in [0.15, 0.2) is 0 Å². The van der Waals surface area contributed by atoms with E-state index in [-0.39, 0.29) is 6.54 Å². The van der Waals surface area contributed by atoms with Crippen molar-refractivity contribution in [2.45, 2.75) is 6.54 Å². The SMILES string of the molecule is NNc1ccc(CN=O)cn1. The van der Waals surface area contributed by atoms with Crippen LogP contribution in [-0.2, 0) is 6.54 Å². The molecule has 0 aromatic carbocycles. The summed E-state index contributed by atoms with van der Waals surface area (Å²) in [4.78, 5) is 13.7. The van der Waals surface area contributed by atoms with Crippen LogP contribution >= 0.6 is 0 Å². The van der Waals surface area contributed by atoms with Crippen molar-refractivity contribution in [3.05, 3.63) is 28.8 Å². The molecule has 0 saturated heterocycles. The van der Waals surface area contributed by atoms with Crippen molar-refractivity contribution in [3.63, 3.8) is 0 Å². The minimum Gasteiger partial charge on any atom is -0.308 e. The highest BCUT2D eigenvalue weighted by Gasteiger charge is 1.92. The van der Waals surface area contributed by atoms with E-state index in [1.807, 2.05) is 0 Å². The first-order valence-corrected chi connectivity index (χ1v) is 3.07. The average Bonchev–Trinajstić information content (AvgIpc) is 2.07. The van der Waals surface area contributed by atoms with Gasteiger partial charge in [0.05, 0.1) is 0 Å². The molecule has 0 amide bonds. The maximum atomic E-state index is 9.81. The fourth-order valence-electron chi connectivity index (χ4n) is 0.678. The van der Waals surface area contributed by atoms with Crippen LogP contribution in [0.2, 0.25) is 0 Å². The zero-order valence-electron chi connectivity index (χ0n) is 5.82. The summed E-state index contributed by atoms with van der Waals surface area (Å²) in [7, 11) is 0. The van der Waals surface area contributed by atoms with Crippen LogP contribution in [0.5, 0.6) is 0 Å². The van der Waals surface area contributed by atoms with Gasteiger partial charge in [-0.25, -0.2) is 10.8 Å². The molecule has 1 heterocycles. The number of nitrogens with zero attached hydrogens (tertiary/aromatic N) is 2. The molecule has 1 aromatic rings. The molecule has 0 aliphatic heterocycles. The molecular weight excluding hydrogens is 144 g/mol. The van der Waals surface area contributed by atoms with Gasteiger partial charge in [0.2, 0.25) is 0 Å². The number of nitroso groups, excluding NO2 is 1. The molecule has 3 N–H and O–H groups in total. The number of hydrogen-bond acceptors (Lipinski definition) is 5. The number of nitrogens with two attached hydrogens (primary N) is 1. The molecule has 0 atom stereocenters. The first-order valence-electron chi connectivity index (χ1n) is 3.07. The van der Waals surface area contributed by atoms with Crippen molar-refractivity contribution in [2.24, 2.45) is 11.0 Å². The average molecular weight is 152 g/mol. The Labute approximate surface area is 63.6 Å². The Kier molecular flexibility index (Phi) is 2.51. The van der Waals surface area contributed by atoms with Crippen LogP contribution in [0.15, 0.2) is 23.5 Å². The molecule has 0 aliphatic rings. The highest BCUT2D eigenvalue weighted by Crippen LogP contribution is 2.03. The molecule has 1 aromatic heterocycles. The summed E-state index contributed by atoms with van der Waals surface area (Å²) in [6.07, 6.45) is 1.55. The number of hydrogen-bond donors (Lipinski definition) is 2. The van der Waals surface area contributed by atoms with Crippen molar-refractivity contribution in [1.29, 1.82) is 0 Å². The smallest absolute Gasteiger partial charge is 0.139 e.